The first-order valence-electron chi connectivity index (χ1n) is 7.95. The van der Waals surface area contributed by atoms with Crippen molar-refractivity contribution >= 4 is 46.5 Å². The van der Waals surface area contributed by atoms with Crippen LogP contribution in [0.1, 0.15) is 16.1 Å². The molecule has 0 radical (unpaired) electrons. The Morgan fingerprint density at radius 1 is 0.889 bits per heavy atom. The van der Waals surface area contributed by atoms with Crippen molar-refractivity contribution in [1.29, 1.82) is 0 Å². The van der Waals surface area contributed by atoms with Crippen LogP contribution in [0.15, 0.2) is 65.3 Å². The summed E-state index contributed by atoms with van der Waals surface area (Å²) in [6.07, 6.45) is 1.54. The Labute approximate surface area is 165 Å². The van der Waals surface area contributed by atoms with Crippen molar-refractivity contribution in [2.45, 2.75) is 6.54 Å². The molecule has 8 heteroatoms. The fourth-order valence-electron chi connectivity index (χ4n) is 2.23. The van der Waals surface area contributed by atoms with Gasteiger partial charge in [0.05, 0.1) is 22.9 Å². The van der Waals surface area contributed by atoms with Crippen molar-refractivity contribution < 1.29 is 14.0 Å². The number of benzene rings is 2. The number of carbonyl (C=O) groups excluding carboxylic acids is 2. The minimum Gasteiger partial charge on any atom is -0.467 e. The number of nitrogens with one attached hydrogen (secondary N) is 3. The van der Waals surface area contributed by atoms with Gasteiger partial charge < -0.3 is 20.4 Å². The van der Waals surface area contributed by atoms with E-state index in [1.807, 2.05) is 0 Å². The molecule has 2 aromatic carbocycles. The maximum Gasteiger partial charge on any atom is 0.319 e. The van der Waals surface area contributed by atoms with E-state index in [0.717, 1.165) is 0 Å². The van der Waals surface area contributed by atoms with Crippen LogP contribution in [0.5, 0.6) is 0 Å². The van der Waals surface area contributed by atoms with Gasteiger partial charge in [-0.2, -0.15) is 0 Å². The quantitative estimate of drug-likeness (QED) is 0.549. The van der Waals surface area contributed by atoms with E-state index in [9.17, 15) is 9.59 Å². The Morgan fingerprint density at radius 2 is 1.59 bits per heavy atom. The van der Waals surface area contributed by atoms with Crippen LogP contribution in [-0.2, 0) is 6.54 Å². The third-order valence-corrected chi connectivity index (χ3v) is 4.32. The van der Waals surface area contributed by atoms with Crippen LogP contribution in [-0.4, -0.2) is 11.9 Å². The molecule has 0 bridgehead atoms. The first-order valence-corrected chi connectivity index (χ1v) is 8.70. The predicted molar refractivity (Wildman–Crippen MR) is 105 cm³/mol. The van der Waals surface area contributed by atoms with Crippen molar-refractivity contribution in [2.24, 2.45) is 0 Å². The summed E-state index contributed by atoms with van der Waals surface area (Å²) in [7, 11) is 0. The van der Waals surface area contributed by atoms with Crippen LogP contribution in [0.4, 0.5) is 16.2 Å². The summed E-state index contributed by atoms with van der Waals surface area (Å²) in [6, 6.07) is 14.5. The molecule has 0 spiro atoms. The molecule has 0 unspecified atom stereocenters. The Morgan fingerprint density at radius 3 is 2.22 bits per heavy atom. The SMILES string of the molecule is O=C(NCc1ccco1)Nc1ccc(NC(=O)c2ccc(Cl)c(Cl)c2)cc1. The summed E-state index contributed by atoms with van der Waals surface area (Å²) in [5, 5.41) is 8.81. The first-order chi connectivity index (χ1) is 13.0. The van der Waals surface area contributed by atoms with Crippen molar-refractivity contribution in [2.75, 3.05) is 10.6 Å². The molecule has 3 amide bonds. The monoisotopic (exact) mass is 403 g/mol. The minimum absolute atomic E-state index is 0.288. The van der Waals surface area contributed by atoms with Crippen molar-refractivity contribution in [3.63, 3.8) is 0 Å². The smallest absolute Gasteiger partial charge is 0.319 e. The Balaban J connectivity index is 1.54. The number of hydrogen-bond donors (Lipinski definition) is 3. The number of urea groups is 1. The summed E-state index contributed by atoms with van der Waals surface area (Å²) >= 11 is 11.8. The van der Waals surface area contributed by atoms with Crippen LogP contribution < -0.4 is 16.0 Å². The lowest BCUT2D eigenvalue weighted by atomic mass is 10.2. The summed E-state index contributed by atoms with van der Waals surface area (Å²) < 4.78 is 5.14. The Hall–Kier alpha value is -2.96. The maximum atomic E-state index is 12.2. The molecule has 0 aliphatic carbocycles. The lowest BCUT2D eigenvalue weighted by Gasteiger charge is -2.09. The van der Waals surface area contributed by atoms with Crippen molar-refractivity contribution in [3.8, 4) is 0 Å². The summed E-state index contributed by atoms with van der Waals surface area (Å²) in [5.41, 5.74) is 1.55. The minimum atomic E-state index is -0.362. The highest BCUT2D eigenvalue weighted by molar-refractivity contribution is 6.42. The largest absolute Gasteiger partial charge is 0.467 e. The Kier molecular flexibility index (Phi) is 6.01. The molecule has 3 rings (SSSR count). The highest BCUT2D eigenvalue weighted by Crippen LogP contribution is 2.23. The predicted octanol–water partition coefficient (Wildman–Crippen LogP) is 5.16. The van der Waals surface area contributed by atoms with Gasteiger partial charge in [-0.3, -0.25) is 4.79 Å². The van der Waals surface area contributed by atoms with Gasteiger partial charge in [0.2, 0.25) is 0 Å². The molecule has 0 aliphatic heterocycles. The van der Waals surface area contributed by atoms with Gasteiger partial charge in [0.1, 0.15) is 5.76 Å². The van der Waals surface area contributed by atoms with Gasteiger partial charge in [-0.1, -0.05) is 23.2 Å². The Bertz CT molecular complexity index is 941. The van der Waals surface area contributed by atoms with Crippen LogP contribution in [0.3, 0.4) is 0 Å². The molecule has 0 saturated carbocycles. The van der Waals surface area contributed by atoms with E-state index in [0.29, 0.717) is 32.7 Å². The van der Waals surface area contributed by atoms with Gasteiger partial charge >= 0.3 is 6.03 Å². The average molecular weight is 404 g/mol. The second-order valence-corrected chi connectivity index (χ2v) is 6.36. The van der Waals surface area contributed by atoms with E-state index in [4.69, 9.17) is 27.6 Å². The molecule has 3 N–H and O–H groups in total. The van der Waals surface area contributed by atoms with Gasteiger partial charge in [0, 0.05) is 16.9 Å². The van der Waals surface area contributed by atoms with E-state index in [1.54, 1.807) is 54.8 Å². The number of amides is 3. The van der Waals surface area contributed by atoms with Gasteiger partial charge in [0.15, 0.2) is 0 Å². The zero-order valence-electron chi connectivity index (χ0n) is 14.0. The molecule has 1 aromatic heterocycles. The number of hydrogen-bond acceptors (Lipinski definition) is 3. The highest BCUT2D eigenvalue weighted by atomic mass is 35.5. The second kappa shape index (κ2) is 8.62. The molecular formula is C19H15Cl2N3O3. The number of furan rings is 1. The molecule has 0 fully saturated rings. The average Bonchev–Trinajstić information content (AvgIpc) is 3.17. The zero-order chi connectivity index (χ0) is 19.2. The number of anilines is 2. The maximum absolute atomic E-state index is 12.2. The van der Waals surface area contributed by atoms with Gasteiger partial charge in [-0.15, -0.1) is 0 Å². The molecule has 0 aliphatic rings. The van der Waals surface area contributed by atoms with Crippen LogP contribution in [0.2, 0.25) is 10.0 Å². The summed E-state index contributed by atoms with van der Waals surface area (Å²) in [5.74, 6) is 0.343. The van der Waals surface area contributed by atoms with E-state index in [2.05, 4.69) is 16.0 Å². The highest BCUT2D eigenvalue weighted by Gasteiger charge is 2.09. The van der Waals surface area contributed by atoms with Gasteiger partial charge in [-0.25, -0.2) is 4.79 Å². The topological polar surface area (TPSA) is 83.4 Å². The van der Waals surface area contributed by atoms with Crippen LogP contribution >= 0.6 is 23.2 Å². The summed E-state index contributed by atoms with van der Waals surface area (Å²) in [6.45, 7) is 0.288. The van der Waals surface area contributed by atoms with Gasteiger partial charge in [0.25, 0.3) is 5.91 Å². The number of carbonyl (C=O) groups is 2. The third-order valence-electron chi connectivity index (χ3n) is 3.59. The van der Waals surface area contributed by atoms with Crippen LogP contribution in [0.25, 0.3) is 0 Å². The molecule has 27 heavy (non-hydrogen) atoms. The van der Waals surface area contributed by atoms with E-state index >= 15 is 0 Å². The fraction of sp³-hybridized carbons (Fsp3) is 0.0526. The van der Waals surface area contributed by atoms with Gasteiger partial charge in [-0.05, 0) is 54.6 Å². The molecule has 138 valence electrons. The molecule has 6 nitrogen and oxygen atoms in total. The molecule has 3 aromatic rings. The van der Waals surface area contributed by atoms with E-state index in [-0.39, 0.29) is 18.5 Å². The number of halogens is 2. The second-order valence-electron chi connectivity index (χ2n) is 5.55. The van der Waals surface area contributed by atoms with Crippen LogP contribution in [0, 0.1) is 0 Å². The molecule has 0 saturated heterocycles. The zero-order valence-corrected chi connectivity index (χ0v) is 15.5. The number of rotatable bonds is 5. The summed E-state index contributed by atoms with van der Waals surface area (Å²) in [4.78, 5) is 24.1. The molecular weight excluding hydrogens is 389 g/mol. The lowest BCUT2D eigenvalue weighted by molar-refractivity contribution is 0.102. The molecule has 1 heterocycles. The first kappa shape index (κ1) is 18.8. The fourth-order valence-corrected chi connectivity index (χ4v) is 2.53. The van der Waals surface area contributed by atoms with E-state index < -0.39 is 0 Å². The van der Waals surface area contributed by atoms with Crippen molar-refractivity contribution in [1.82, 2.24) is 5.32 Å². The molecule has 0 atom stereocenters. The van der Waals surface area contributed by atoms with E-state index in [1.165, 1.54) is 6.07 Å². The standard InChI is InChI=1S/C19H15Cl2N3O3/c20-16-8-3-12(10-17(16)21)18(25)23-13-4-6-14(7-5-13)24-19(26)22-11-15-2-1-9-27-15/h1-10H,11H2,(H,23,25)(H2,22,24,26). The van der Waals surface area contributed by atoms with Crippen molar-refractivity contribution in [3.05, 3.63) is 82.2 Å². The third kappa shape index (κ3) is 5.26. The lowest BCUT2D eigenvalue weighted by Crippen LogP contribution is -2.27. The normalized spacial score (nSPS) is 10.3.